The summed E-state index contributed by atoms with van der Waals surface area (Å²) in [7, 11) is 0. The number of carboxylic acid groups (broad SMARTS) is 1. The van der Waals surface area contributed by atoms with Crippen LogP contribution < -0.4 is 10.1 Å². The van der Waals surface area contributed by atoms with Gasteiger partial charge < -0.3 is 20.1 Å². The second kappa shape index (κ2) is 6.78. The van der Waals surface area contributed by atoms with Crippen LogP contribution in [0.15, 0.2) is 36.9 Å². The number of ether oxygens (including phenoxy) is 1. The number of nitrogens with one attached hydrogen (secondary N) is 1. The molecule has 21 heavy (non-hydrogen) atoms. The highest BCUT2D eigenvalue weighted by Crippen LogP contribution is 2.20. The lowest BCUT2D eigenvalue weighted by atomic mass is 10.1. The van der Waals surface area contributed by atoms with Gasteiger partial charge in [-0.25, -0.2) is 4.79 Å². The highest BCUT2D eigenvalue weighted by molar-refractivity contribution is 5.90. The number of rotatable bonds is 5. The molecule has 0 bridgehead atoms. The van der Waals surface area contributed by atoms with E-state index in [4.69, 9.17) is 9.84 Å². The molecule has 0 saturated carbocycles. The van der Waals surface area contributed by atoms with Crippen molar-refractivity contribution in [2.24, 2.45) is 5.92 Å². The second-order valence-electron chi connectivity index (χ2n) is 4.83. The van der Waals surface area contributed by atoms with Crippen molar-refractivity contribution in [3.05, 3.63) is 36.9 Å². The average Bonchev–Trinajstić information content (AvgIpc) is 2.95. The Balaban J connectivity index is 1.93. The largest absolute Gasteiger partial charge is 0.489 e. The number of hydrogen-bond donors (Lipinski definition) is 2. The fourth-order valence-corrected chi connectivity index (χ4v) is 2.17. The van der Waals surface area contributed by atoms with Crippen LogP contribution in [0.3, 0.4) is 0 Å². The highest BCUT2D eigenvalue weighted by atomic mass is 16.5. The van der Waals surface area contributed by atoms with Gasteiger partial charge >= 0.3 is 12.0 Å². The number of nitrogens with zero attached hydrogens (tertiary/aromatic N) is 1. The lowest BCUT2D eigenvalue weighted by Gasteiger charge is -2.17. The molecule has 6 heteroatoms. The number of carbonyl (C=O) groups excluding carboxylic acids is 1. The number of likely N-dealkylation sites (tertiary alicyclic amines) is 1. The maximum atomic E-state index is 12.1. The minimum atomic E-state index is -0.856. The molecule has 6 nitrogen and oxygen atoms in total. The fourth-order valence-electron chi connectivity index (χ4n) is 2.17. The lowest BCUT2D eigenvalue weighted by molar-refractivity contribution is -0.141. The number of aliphatic carboxylic acids is 1. The summed E-state index contributed by atoms with van der Waals surface area (Å²) in [6.45, 7) is 4.66. The third-order valence-corrected chi connectivity index (χ3v) is 3.28. The molecule has 112 valence electrons. The molecule has 0 aliphatic carbocycles. The smallest absolute Gasteiger partial charge is 0.321 e. The van der Waals surface area contributed by atoms with Crippen LogP contribution in [0, 0.1) is 5.92 Å². The summed E-state index contributed by atoms with van der Waals surface area (Å²) < 4.78 is 5.39. The predicted octanol–water partition coefficient (Wildman–Crippen LogP) is 2.19. The maximum Gasteiger partial charge on any atom is 0.321 e. The van der Waals surface area contributed by atoms with Gasteiger partial charge in [0.1, 0.15) is 12.4 Å². The third-order valence-electron chi connectivity index (χ3n) is 3.28. The number of anilines is 1. The summed E-state index contributed by atoms with van der Waals surface area (Å²) in [6, 6.07) is 6.74. The number of hydrogen-bond acceptors (Lipinski definition) is 3. The van der Waals surface area contributed by atoms with Crippen molar-refractivity contribution in [3.8, 4) is 5.75 Å². The molecular formula is C15H18N2O4. The van der Waals surface area contributed by atoms with Gasteiger partial charge in [0.25, 0.3) is 0 Å². The van der Waals surface area contributed by atoms with Crippen LogP contribution in [0.4, 0.5) is 10.5 Å². The SMILES string of the molecule is C=CCOc1cccc(NC(=O)N2CCC(C(=O)O)C2)c1. The molecule has 1 aliphatic heterocycles. The minimum Gasteiger partial charge on any atom is -0.489 e. The zero-order valence-electron chi connectivity index (χ0n) is 11.6. The number of urea groups is 1. The van der Waals surface area contributed by atoms with E-state index in [9.17, 15) is 9.59 Å². The van der Waals surface area contributed by atoms with E-state index in [2.05, 4.69) is 11.9 Å². The third kappa shape index (κ3) is 3.98. The normalized spacial score (nSPS) is 17.3. The number of amides is 2. The molecule has 1 unspecified atom stereocenters. The Morgan fingerprint density at radius 3 is 3.00 bits per heavy atom. The Kier molecular flexibility index (Phi) is 4.81. The lowest BCUT2D eigenvalue weighted by Crippen LogP contribution is -2.33. The molecule has 2 amide bonds. The first kappa shape index (κ1) is 14.9. The summed E-state index contributed by atoms with van der Waals surface area (Å²) in [5.41, 5.74) is 0.611. The van der Waals surface area contributed by atoms with E-state index in [0.717, 1.165) is 0 Å². The van der Waals surface area contributed by atoms with Crippen LogP contribution in [-0.4, -0.2) is 41.7 Å². The zero-order chi connectivity index (χ0) is 15.2. The van der Waals surface area contributed by atoms with Gasteiger partial charge in [-0.1, -0.05) is 18.7 Å². The Hall–Kier alpha value is -2.50. The summed E-state index contributed by atoms with van der Waals surface area (Å²) in [5.74, 6) is -0.694. The molecular weight excluding hydrogens is 272 g/mol. The van der Waals surface area contributed by atoms with E-state index in [1.54, 1.807) is 30.3 Å². The summed E-state index contributed by atoms with van der Waals surface area (Å²) >= 11 is 0. The Morgan fingerprint density at radius 2 is 2.33 bits per heavy atom. The van der Waals surface area contributed by atoms with E-state index >= 15 is 0 Å². The van der Waals surface area contributed by atoms with Crippen molar-refractivity contribution in [3.63, 3.8) is 0 Å². The summed E-state index contributed by atoms with van der Waals surface area (Å²) in [6.07, 6.45) is 2.13. The van der Waals surface area contributed by atoms with Crippen LogP contribution in [0.25, 0.3) is 0 Å². The monoisotopic (exact) mass is 290 g/mol. The molecule has 0 spiro atoms. The van der Waals surface area contributed by atoms with Gasteiger partial charge in [0, 0.05) is 24.8 Å². The van der Waals surface area contributed by atoms with Crippen molar-refractivity contribution in [1.29, 1.82) is 0 Å². The molecule has 0 aromatic heterocycles. The van der Waals surface area contributed by atoms with Gasteiger partial charge in [-0.05, 0) is 18.6 Å². The van der Waals surface area contributed by atoms with Crippen LogP contribution in [0.5, 0.6) is 5.75 Å². The molecule has 1 atom stereocenters. The molecule has 1 aliphatic rings. The molecule has 1 aromatic rings. The van der Waals surface area contributed by atoms with E-state index in [1.165, 1.54) is 4.90 Å². The Labute approximate surface area is 123 Å². The number of carbonyl (C=O) groups is 2. The number of benzene rings is 1. The number of carboxylic acids is 1. The molecule has 2 N–H and O–H groups in total. The van der Waals surface area contributed by atoms with Crippen molar-refractivity contribution in [2.75, 3.05) is 25.0 Å². The average molecular weight is 290 g/mol. The predicted molar refractivity (Wildman–Crippen MR) is 78.5 cm³/mol. The van der Waals surface area contributed by atoms with Crippen molar-refractivity contribution < 1.29 is 19.4 Å². The molecule has 2 rings (SSSR count). The van der Waals surface area contributed by atoms with Gasteiger partial charge in [-0.2, -0.15) is 0 Å². The van der Waals surface area contributed by atoms with Crippen molar-refractivity contribution >= 4 is 17.7 Å². The van der Waals surface area contributed by atoms with Gasteiger partial charge in [-0.15, -0.1) is 0 Å². The van der Waals surface area contributed by atoms with Crippen LogP contribution in [0.1, 0.15) is 6.42 Å². The Morgan fingerprint density at radius 1 is 1.52 bits per heavy atom. The highest BCUT2D eigenvalue weighted by Gasteiger charge is 2.30. The fraction of sp³-hybridized carbons (Fsp3) is 0.333. The minimum absolute atomic E-state index is 0.244. The molecule has 1 aromatic carbocycles. The van der Waals surface area contributed by atoms with Crippen LogP contribution in [-0.2, 0) is 4.79 Å². The van der Waals surface area contributed by atoms with Gasteiger partial charge in [0.2, 0.25) is 0 Å². The molecule has 1 fully saturated rings. The van der Waals surface area contributed by atoms with E-state index in [1.807, 2.05) is 0 Å². The second-order valence-corrected chi connectivity index (χ2v) is 4.83. The van der Waals surface area contributed by atoms with Crippen molar-refractivity contribution in [2.45, 2.75) is 6.42 Å². The standard InChI is InChI=1S/C15H18N2O4/c1-2-8-21-13-5-3-4-12(9-13)16-15(20)17-7-6-11(10-17)14(18)19/h2-5,9,11H,1,6-8,10H2,(H,16,20)(H,18,19). The van der Waals surface area contributed by atoms with Gasteiger partial charge in [0.05, 0.1) is 5.92 Å². The van der Waals surface area contributed by atoms with E-state index in [0.29, 0.717) is 31.0 Å². The van der Waals surface area contributed by atoms with Gasteiger partial charge in [0.15, 0.2) is 0 Å². The summed E-state index contributed by atoms with van der Waals surface area (Å²) in [4.78, 5) is 24.5. The van der Waals surface area contributed by atoms with Gasteiger partial charge in [-0.3, -0.25) is 4.79 Å². The molecule has 1 heterocycles. The quantitative estimate of drug-likeness (QED) is 0.815. The van der Waals surface area contributed by atoms with Crippen LogP contribution in [0.2, 0.25) is 0 Å². The molecule has 1 saturated heterocycles. The van der Waals surface area contributed by atoms with E-state index in [-0.39, 0.29) is 12.6 Å². The molecule has 0 radical (unpaired) electrons. The first-order valence-corrected chi connectivity index (χ1v) is 6.72. The zero-order valence-corrected chi connectivity index (χ0v) is 11.6. The maximum absolute atomic E-state index is 12.1. The topological polar surface area (TPSA) is 78.9 Å². The van der Waals surface area contributed by atoms with E-state index < -0.39 is 11.9 Å². The van der Waals surface area contributed by atoms with Crippen molar-refractivity contribution in [1.82, 2.24) is 4.90 Å². The first-order chi connectivity index (χ1) is 10.1. The Bertz CT molecular complexity index is 544. The summed E-state index contributed by atoms with van der Waals surface area (Å²) in [5, 5.41) is 11.7. The van der Waals surface area contributed by atoms with Crippen LogP contribution >= 0.6 is 0 Å². The first-order valence-electron chi connectivity index (χ1n) is 6.72.